The Morgan fingerprint density at radius 1 is 1.26 bits per heavy atom. The predicted octanol–water partition coefficient (Wildman–Crippen LogP) is 5.39. The molecular weight excluding hydrogens is 383 g/mol. The van der Waals surface area contributed by atoms with E-state index in [0.717, 1.165) is 55.1 Å². The van der Waals surface area contributed by atoms with E-state index in [1.807, 2.05) is 26.5 Å². The number of hydrogen-bond donors (Lipinski definition) is 0. The fourth-order valence-electron chi connectivity index (χ4n) is 4.00. The highest BCUT2D eigenvalue weighted by Crippen LogP contribution is 2.40. The van der Waals surface area contributed by atoms with Gasteiger partial charge in [-0.05, 0) is 44.2 Å². The SMILES string of the molecule is O=C(CCCC[C@H]1CCSS1)N1CCC(c2noc3cc(F)ccc23)CC1. The van der Waals surface area contributed by atoms with E-state index in [1.165, 1.54) is 30.7 Å². The number of rotatable bonds is 6. The van der Waals surface area contributed by atoms with E-state index in [4.69, 9.17) is 4.52 Å². The third kappa shape index (κ3) is 4.62. The van der Waals surface area contributed by atoms with Gasteiger partial charge >= 0.3 is 0 Å². The fourth-order valence-corrected chi connectivity index (χ4v) is 7.03. The summed E-state index contributed by atoms with van der Waals surface area (Å²) in [5.74, 6) is 1.53. The van der Waals surface area contributed by atoms with Crippen molar-refractivity contribution in [1.82, 2.24) is 10.1 Å². The van der Waals surface area contributed by atoms with Crippen molar-refractivity contribution in [2.24, 2.45) is 0 Å². The van der Waals surface area contributed by atoms with Gasteiger partial charge in [0, 0.05) is 47.9 Å². The second kappa shape index (κ2) is 8.86. The molecule has 3 heterocycles. The van der Waals surface area contributed by atoms with Gasteiger partial charge in [0.05, 0.1) is 5.69 Å². The second-order valence-electron chi connectivity index (χ2n) is 7.44. The Morgan fingerprint density at radius 2 is 2.11 bits per heavy atom. The average molecular weight is 409 g/mol. The van der Waals surface area contributed by atoms with Gasteiger partial charge in [-0.25, -0.2) is 4.39 Å². The van der Waals surface area contributed by atoms with Gasteiger partial charge in [-0.1, -0.05) is 33.2 Å². The summed E-state index contributed by atoms with van der Waals surface area (Å²) in [6.45, 7) is 1.54. The van der Waals surface area contributed by atoms with Gasteiger partial charge in [0.2, 0.25) is 5.91 Å². The molecule has 0 spiro atoms. The number of benzene rings is 1. The number of carbonyl (C=O) groups excluding carboxylic acids is 1. The molecule has 0 bridgehead atoms. The van der Waals surface area contributed by atoms with Crippen LogP contribution in [0.25, 0.3) is 11.0 Å². The van der Waals surface area contributed by atoms with Crippen LogP contribution in [0, 0.1) is 5.82 Å². The molecule has 0 unspecified atom stereocenters. The normalized spacial score (nSPS) is 21.2. The summed E-state index contributed by atoms with van der Waals surface area (Å²) in [5, 5.41) is 5.87. The highest BCUT2D eigenvalue weighted by Gasteiger charge is 2.27. The van der Waals surface area contributed by atoms with Gasteiger partial charge < -0.3 is 9.42 Å². The van der Waals surface area contributed by atoms with E-state index in [1.54, 1.807) is 6.07 Å². The van der Waals surface area contributed by atoms with Crippen LogP contribution in [-0.2, 0) is 4.79 Å². The first-order valence-corrected chi connectivity index (χ1v) is 12.2. The lowest BCUT2D eigenvalue weighted by molar-refractivity contribution is -0.132. The summed E-state index contributed by atoms with van der Waals surface area (Å²) in [6.07, 6.45) is 7.16. The van der Waals surface area contributed by atoms with Gasteiger partial charge in [0.1, 0.15) is 5.82 Å². The topological polar surface area (TPSA) is 46.3 Å². The molecule has 0 aliphatic carbocycles. The Balaban J connectivity index is 1.23. The third-order valence-corrected chi connectivity index (χ3v) is 8.60. The first-order chi connectivity index (χ1) is 13.2. The molecule has 146 valence electrons. The molecule has 2 aliphatic rings. The van der Waals surface area contributed by atoms with Gasteiger partial charge in [0.15, 0.2) is 5.58 Å². The molecule has 2 aromatic rings. The van der Waals surface area contributed by atoms with E-state index in [9.17, 15) is 9.18 Å². The molecule has 0 radical (unpaired) electrons. The maximum absolute atomic E-state index is 13.3. The van der Waals surface area contributed by atoms with Crippen molar-refractivity contribution in [3.8, 4) is 0 Å². The number of amides is 1. The lowest BCUT2D eigenvalue weighted by atomic mass is 9.91. The number of aromatic nitrogens is 1. The molecule has 0 saturated carbocycles. The monoisotopic (exact) mass is 408 g/mol. The maximum atomic E-state index is 13.3. The van der Waals surface area contributed by atoms with Crippen molar-refractivity contribution in [2.45, 2.75) is 56.1 Å². The summed E-state index contributed by atoms with van der Waals surface area (Å²) in [7, 11) is 4.00. The molecule has 1 aromatic carbocycles. The van der Waals surface area contributed by atoms with Crippen LogP contribution in [0.15, 0.2) is 22.7 Å². The standard InChI is InChI=1S/C20H25FN2O2S2/c21-15-5-6-17-18(13-15)25-22-20(17)14-7-10-23(11-8-14)19(24)4-2-1-3-16-9-12-26-27-16/h5-6,13-14,16H,1-4,7-12H2/t16-/m0/s1. The molecule has 27 heavy (non-hydrogen) atoms. The molecule has 4 nitrogen and oxygen atoms in total. The van der Waals surface area contributed by atoms with Gasteiger partial charge in [-0.3, -0.25) is 4.79 Å². The Hall–Kier alpha value is -1.21. The number of halogens is 1. The van der Waals surface area contributed by atoms with E-state index in [2.05, 4.69) is 5.16 Å². The predicted molar refractivity (Wildman–Crippen MR) is 109 cm³/mol. The summed E-state index contributed by atoms with van der Waals surface area (Å²) < 4.78 is 18.6. The largest absolute Gasteiger partial charge is 0.356 e. The Bertz CT molecular complexity index is 783. The molecule has 7 heteroatoms. The van der Waals surface area contributed by atoms with Crippen LogP contribution >= 0.6 is 21.6 Å². The molecular formula is C20H25FN2O2S2. The van der Waals surface area contributed by atoms with Crippen molar-refractivity contribution in [3.63, 3.8) is 0 Å². The minimum atomic E-state index is -0.309. The molecule has 0 N–H and O–H groups in total. The van der Waals surface area contributed by atoms with Crippen LogP contribution in [0.5, 0.6) is 0 Å². The lowest BCUT2D eigenvalue weighted by Crippen LogP contribution is -2.37. The van der Waals surface area contributed by atoms with Crippen LogP contribution in [-0.4, -0.2) is 40.1 Å². The van der Waals surface area contributed by atoms with E-state index in [0.29, 0.717) is 12.0 Å². The minimum Gasteiger partial charge on any atom is -0.356 e. The third-order valence-electron chi connectivity index (χ3n) is 5.59. The average Bonchev–Trinajstić information content (AvgIpc) is 3.34. The smallest absolute Gasteiger partial charge is 0.222 e. The summed E-state index contributed by atoms with van der Waals surface area (Å²) >= 11 is 0. The zero-order chi connectivity index (χ0) is 18.6. The Labute approximate surface area is 167 Å². The fraction of sp³-hybridized carbons (Fsp3) is 0.600. The van der Waals surface area contributed by atoms with Crippen LogP contribution in [0.3, 0.4) is 0 Å². The number of unbranched alkanes of at least 4 members (excludes halogenated alkanes) is 1. The van der Waals surface area contributed by atoms with Crippen molar-refractivity contribution in [3.05, 3.63) is 29.7 Å². The number of hydrogen-bond acceptors (Lipinski definition) is 5. The highest BCUT2D eigenvalue weighted by molar-refractivity contribution is 8.77. The molecule has 1 atom stereocenters. The number of likely N-dealkylation sites (tertiary alicyclic amines) is 1. The number of nitrogens with zero attached hydrogens (tertiary/aromatic N) is 2. The van der Waals surface area contributed by atoms with Gasteiger partial charge in [-0.2, -0.15) is 0 Å². The number of fused-ring (bicyclic) bond motifs is 1. The van der Waals surface area contributed by atoms with Gasteiger partial charge in [0.25, 0.3) is 0 Å². The second-order valence-corrected chi connectivity index (χ2v) is 10.2. The molecule has 2 aliphatic heterocycles. The maximum Gasteiger partial charge on any atom is 0.222 e. The molecule has 2 saturated heterocycles. The summed E-state index contributed by atoms with van der Waals surface area (Å²) in [4.78, 5) is 14.5. The van der Waals surface area contributed by atoms with Crippen molar-refractivity contribution in [2.75, 3.05) is 18.8 Å². The lowest BCUT2D eigenvalue weighted by Gasteiger charge is -2.31. The first-order valence-electron chi connectivity index (χ1n) is 9.81. The molecule has 4 rings (SSSR count). The van der Waals surface area contributed by atoms with Crippen LogP contribution < -0.4 is 0 Å². The van der Waals surface area contributed by atoms with Crippen molar-refractivity contribution < 1.29 is 13.7 Å². The van der Waals surface area contributed by atoms with E-state index < -0.39 is 0 Å². The zero-order valence-corrected chi connectivity index (χ0v) is 17.0. The van der Waals surface area contributed by atoms with Crippen LogP contribution in [0.4, 0.5) is 4.39 Å². The number of carbonyl (C=O) groups is 1. The Kier molecular flexibility index (Phi) is 6.28. The quantitative estimate of drug-likeness (QED) is 0.474. The van der Waals surface area contributed by atoms with E-state index >= 15 is 0 Å². The van der Waals surface area contributed by atoms with Gasteiger partial charge in [-0.15, -0.1) is 0 Å². The van der Waals surface area contributed by atoms with E-state index in [-0.39, 0.29) is 17.6 Å². The molecule has 2 fully saturated rings. The zero-order valence-electron chi connectivity index (χ0n) is 15.4. The minimum absolute atomic E-state index is 0.276. The summed E-state index contributed by atoms with van der Waals surface area (Å²) in [6, 6.07) is 4.58. The van der Waals surface area contributed by atoms with Crippen LogP contribution in [0.2, 0.25) is 0 Å². The number of piperidine rings is 1. The van der Waals surface area contributed by atoms with Crippen molar-refractivity contribution in [1.29, 1.82) is 0 Å². The van der Waals surface area contributed by atoms with Crippen molar-refractivity contribution >= 4 is 38.5 Å². The molecule has 1 amide bonds. The van der Waals surface area contributed by atoms with Crippen LogP contribution in [0.1, 0.15) is 56.6 Å². The summed E-state index contributed by atoms with van der Waals surface area (Å²) in [5.41, 5.74) is 1.41. The molecule has 1 aromatic heterocycles. The Morgan fingerprint density at radius 3 is 2.89 bits per heavy atom. The first kappa shape index (κ1) is 19.1. The highest BCUT2D eigenvalue weighted by atomic mass is 33.1.